The van der Waals surface area contributed by atoms with E-state index in [4.69, 9.17) is 14.2 Å². The Kier molecular flexibility index (Phi) is 6.28. The molecule has 11 heteroatoms. The molecule has 0 aromatic heterocycles. The van der Waals surface area contributed by atoms with Crippen LogP contribution in [-0.4, -0.2) is 47.2 Å². The molecule has 0 aliphatic carbocycles. The fourth-order valence-electron chi connectivity index (χ4n) is 2.59. The van der Waals surface area contributed by atoms with E-state index >= 15 is 0 Å². The van der Waals surface area contributed by atoms with E-state index in [0.29, 0.717) is 27.3 Å². The van der Waals surface area contributed by atoms with Crippen LogP contribution in [0, 0.1) is 0 Å². The van der Waals surface area contributed by atoms with Gasteiger partial charge in [-0.2, -0.15) is 5.10 Å². The molecular formula is C18H18BrN3O6S. The second-order valence-corrected chi connectivity index (χ2v) is 8.72. The number of benzene rings is 2. The summed E-state index contributed by atoms with van der Waals surface area (Å²) in [6, 6.07) is 9.97. The van der Waals surface area contributed by atoms with Gasteiger partial charge >= 0.3 is 0 Å². The third-order valence-electron chi connectivity index (χ3n) is 3.93. The SMILES string of the molecule is COc1ccccc1N(CC(=O)N/N=C\c1cc2c(cc1Br)OCO2)S(C)(=O)=O. The number of hydrogen-bond acceptors (Lipinski definition) is 7. The maximum atomic E-state index is 12.3. The third kappa shape index (κ3) is 4.98. The number of para-hydroxylation sites is 2. The first-order valence-corrected chi connectivity index (χ1v) is 11.0. The van der Waals surface area contributed by atoms with E-state index in [2.05, 4.69) is 26.5 Å². The van der Waals surface area contributed by atoms with Crippen molar-refractivity contribution in [3.8, 4) is 17.2 Å². The van der Waals surface area contributed by atoms with E-state index in [1.165, 1.54) is 13.3 Å². The van der Waals surface area contributed by atoms with Crippen LogP contribution >= 0.6 is 15.9 Å². The van der Waals surface area contributed by atoms with Crippen molar-refractivity contribution < 1.29 is 27.4 Å². The molecule has 154 valence electrons. The number of ether oxygens (including phenoxy) is 3. The molecule has 0 atom stereocenters. The van der Waals surface area contributed by atoms with Gasteiger partial charge in [-0.3, -0.25) is 9.10 Å². The highest BCUT2D eigenvalue weighted by Gasteiger charge is 2.23. The van der Waals surface area contributed by atoms with Gasteiger partial charge in [0.25, 0.3) is 5.91 Å². The molecule has 1 amide bonds. The van der Waals surface area contributed by atoms with Gasteiger partial charge in [-0.15, -0.1) is 0 Å². The zero-order valence-corrected chi connectivity index (χ0v) is 18.0. The van der Waals surface area contributed by atoms with Crippen molar-refractivity contribution in [2.45, 2.75) is 0 Å². The molecule has 2 aromatic carbocycles. The van der Waals surface area contributed by atoms with E-state index in [-0.39, 0.29) is 12.5 Å². The van der Waals surface area contributed by atoms with Crippen molar-refractivity contribution in [3.63, 3.8) is 0 Å². The third-order valence-corrected chi connectivity index (χ3v) is 5.74. The van der Waals surface area contributed by atoms with Crippen LogP contribution in [0.5, 0.6) is 17.2 Å². The molecule has 1 aliphatic heterocycles. The average molecular weight is 484 g/mol. The summed E-state index contributed by atoms with van der Waals surface area (Å²) in [4.78, 5) is 12.3. The number of anilines is 1. The van der Waals surface area contributed by atoms with Crippen molar-refractivity contribution >= 4 is 43.8 Å². The molecule has 0 saturated heterocycles. The van der Waals surface area contributed by atoms with Crippen LogP contribution in [0.4, 0.5) is 5.69 Å². The van der Waals surface area contributed by atoms with E-state index in [9.17, 15) is 13.2 Å². The minimum atomic E-state index is -3.73. The maximum Gasteiger partial charge on any atom is 0.260 e. The number of nitrogens with one attached hydrogen (secondary N) is 1. The zero-order chi connectivity index (χ0) is 21.0. The molecule has 29 heavy (non-hydrogen) atoms. The molecule has 1 N–H and O–H groups in total. The Balaban J connectivity index is 1.72. The molecule has 0 radical (unpaired) electrons. The molecule has 0 saturated carbocycles. The molecular weight excluding hydrogens is 466 g/mol. The number of amides is 1. The van der Waals surface area contributed by atoms with Crippen molar-refractivity contribution in [1.82, 2.24) is 5.43 Å². The fourth-order valence-corrected chi connectivity index (χ4v) is 3.87. The zero-order valence-electron chi connectivity index (χ0n) is 15.6. The second-order valence-electron chi connectivity index (χ2n) is 5.96. The van der Waals surface area contributed by atoms with Crippen LogP contribution in [0.25, 0.3) is 0 Å². The Hall–Kier alpha value is -2.79. The van der Waals surface area contributed by atoms with Gasteiger partial charge in [0.05, 0.1) is 25.3 Å². The molecule has 0 unspecified atom stereocenters. The number of halogens is 1. The average Bonchev–Trinajstić information content (AvgIpc) is 3.12. The lowest BCUT2D eigenvalue weighted by atomic mass is 10.2. The topological polar surface area (TPSA) is 107 Å². The summed E-state index contributed by atoms with van der Waals surface area (Å²) in [6.45, 7) is -0.317. The number of carbonyl (C=O) groups is 1. The van der Waals surface area contributed by atoms with Gasteiger partial charge in [0, 0.05) is 10.0 Å². The normalized spacial score (nSPS) is 12.8. The molecule has 1 aliphatic rings. The number of hydrogen-bond donors (Lipinski definition) is 1. The molecule has 1 heterocycles. The maximum absolute atomic E-state index is 12.3. The smallest absolute Gasteiger partial charge is 0.260 e. The lowest BCUT2D eigenvalue weighted by Crippen LogP contribution is -2.39. The van der Waals surface area contributed by atoms with Gasteiger partial charge in [-0.25, -0.2) is 13.8 Å². The van der Waals surface area contributed by atoms with Crippen LogP contribution in [0.15, 0.2) is 46.0 Å². The fraction of sp³-hybridized carbons (Fsp3) is 0.222. The lowest BCUT2D eigenvalue weighted by Gasteiger charge is -2.23. The molecule has 3 rings (SSSR count). The molecule has 0 bridgehead atoms. The van der Waals surface area contributed by atoms with Crippen LogP contribution in [0.3, 0.4) is 0 Å². The summed E-state index contributed by atoms with van der Waals surface area (Å²) in [5.74, 6) is 0.895. The van der Waals surface area contributed by atoms with Gasteiger partial charge in [0.15, 0.2) is 11.5 Å². The van der Waals surface area contributed by atoms with Gasteiger partial charge in [0.1, 0.15) is 12.3 Å². The van der Waals surface area contributed by atoms with Crippen LogP contribution in [0.1, 0.15) is 5.56 Å². The minimum Gasteiger partial charge on any atom is -0.495 e. The van der Waals surface area contributed by atoms with E-state index in [1.807, 2.05) is 0 Å². The molecule has 9 nitrogen and oxygen atoms in total. The van der Waals surface area contributed by atoms with Crippen molar-refractivity contribution in [3.05, 3.63) is 46.4 Å². The van der Waals surface area contributed by atoms with Crippen LogP contribution in [0.2, 0.25) is 0 Å². The highest BCUT2D eigenvalue weighted by molar-refractivity contribution is 9.10. The van der Waals surface area contributed by atoms with E-state index in [1.54, 1.807) is 36.4 Å². The Bertz CT molecular complexity index is 1060. The first kappa shape index (κ1) is 20.9. The Morgan fingerprint density at radius 2 is 2.00 bits per heavy atom. The van der Waals surface area contributed by atoms with Gasteiger partial charge in [0.2, 0.25) is 16.8 Å². The quantitative estimate of drug-likeness (QED) is 0.477. The number of sulfonamides is 1. The number of carbonyl (C=O) groups excluding carboxylic acids is 1. The summed E-state index contributed by atoms with van der Waals surface area (Å²) in [5.41, 5.74) is 3.24. The summed E-state index contributed by atoms with van der Waals surface area (Å²) in [6.07, 6.45) is 2.43. The molecule has 0 fully saturated rings. The summed E-state index contributed by atoms with van der Waals surface area (Å²) < 4.78 is 41.8. The molecule has 0 spiro atoms. The monoisotopic (exact) mass is 483 g/mol. The largest absolute Gasteiger partial charge is 0.495 e. The highest BCUT2D eigenvalue weighted by atomic mass is 79.9. The lowest BCUT2D eigenvalue weighted by molar-refractivity contribution is -0.119. The van der Waals surface area contributed by atoms with Gasteiger partial charge in [-0.1, -0.05) is 12.1 Å². The predicted octanol–water partition coefficient (Wildman–Crippen LogP) is 2.10. The summed E-state index contributed by atoms with van der Waals surface area (Å²) in [7, 11) is -2.31. The Morgan fingerprint density at radius 1 is 1.31 bits per heavy atom. The first-order chi connectivity index (χ1) is 13.8. The van der Waals surface area contributed by atoms with Crippen molar-refractivity contribution in [1.29, 1.82) is 0 Å². The Labute approximate surface area is 176 Å². The minimum absolute atomic E-state index is 0.142. The second kappa shape index (κ2) is 8.70. The number of methoxy groups -OCH3 is 1. The van der Waals surface area contributed by atoms with Crippen molar-refractivity contribution in [2.24, 2.45) is 5.10 Å². The van der Waals surface area contributed by atoms with Gasteiger partial charge in [-0.05, 0) is 40.2 Å². The van der Waals surface area contributed by atoms with Gasteiger partial charge < -0.3 is 14.2 Å². The van der Waals surface area contributed by atoms with Crippen LogP contribution < -0.4 is 23.9 Å². The highest BCUT2D eigenvalue weighted by Crippen LogP contribution is 2.36. The van der Waals surface area contributed by atoms with Crippen molar-refractivity contribution in [2.75, 3.05) is 31.0 Å². The summed E-state index contributed by atoms with van der Waals surface area (Å²) in [5, 5.41) is 3.90. The number of rotatable bonds is 7. The Morgan fingerprint density at radius 3 is 2.69 bits per heavy atom. The molecule has 2 aromatic rings. The summed E-state index contributed by atoms with van der Waals surface area (Å²) >= 11 is 3.39. The number of nitrogens with zero attached hydrogens (tertiary/aromatic N) is 2. The van der Waals surface area contributed by atoms with Crippen LogP contribution in [-0.2, 0) is 14.8 Å². The number of fused-ring (bicyclic) bond motifs is 1. The van der Waals surface area contributed by atoms with E-state index < -0.39 is 22.5 Å². The predicted molar refractivity (Wildman–Crippen MR) is 111 cm³/mol. The van der Waals surface area contributed by atoms with E-state index in [0.717, 1.165) is 10.6 Å². The number of hydrazone groups is 1. The first-order valence-electron chi connectivity index (χ1n) is 8.31. The standard InChI is InChI=1S/C18H18BrN3O6S/c1-26-15-6-4-3-5-14(15)22(29(2,24)25)10-18(23)21-20-9-12-7-16-17(8-13(12)19)28-11-27-16/h3-9H,10-11H2,1-2H3,(H,21,23)/b20-9-.